The molecule has 0 aliphatic rings. The van der Waals surface area contributed by atoms with Gasteiger partial charge in [-0.3, -0.25) is 0 Å². The first-order chi connectivity index (χ1) is 4.45. The summed E-state index contributed by atoms with van der Waals surface area (Å²) in [5.74, 6) is 0. The molecule has 0 heterocycles. The maximum absolute atomic E-state index is 11.2. The summed E-state index contributed by atoms with van der Waals surface area (Å²) >= 11 is 0. The zero-order valence-electron chi connectivity index (χ0n) is 5.68. The Balaban J connectivity index is 0. The molecule has 0 bridgehead atoms. The summed E-state index contributed by atoms with van der Waals surface area (Å²) in [5, 5.41) is 17.6. The number of rotatable bonds is 2. The minimum Gasteiger partial charge on any atom is -0.845 e. The standard InChI is InChI=1S/C3H2BF3NO2.Li/c5-3(6,7)1-4(9)10-2-8;/h1H2;/q-1;+1. The molecule has 11 heavy (non-hydrogen) atoms. The van der Waals surface area contributed by atoms with Crippen molar-refractivity contribution in [1.29, 1.82) is 5.26 Å². The number of halogens is 3. The molecule has 0 amide bonds. The predicted molar refractivity (Wildman–Crippen MR) is 23.3 cm³/mol. The summed E-state index contributed by atoms with van der Waals surface area (Å²) in [6.07, 6.45) is -5.33. The van der Waals surface area contributed by atoms with E-state index >= 15 is 0 Å². The molecule has 8 heteroatoms. The van der Waals surface area contributed by atoms with Crippen LogP contribution in [0.5, 0.6) is 0 Å². The van der Waals surface area contributed by atoms with Crippen molar-refractivity contribution in [3.05, 3.63) is 0 Å². The van der Waals surface area contributed by atoms with Gasteiger partial charge in [-0.25, -0.2) is 0 Å². The van der Waals surface area contributed by atoms with E-state index in [2.05, 4.69) is 4.65 Å². The Bertz CT molecular complexity index is 146. The van der Waals surface area contributed by atoms with Gasteiger partial charge in [0.1, 0.15) is 0 Å². The Labute approximate surface area is 73.5 Å². The Morgan fingerprint density at radius 2 is 2.00 bits per heavy atom. The second-order valence-electron chi connectivity index (χ2n) is 1.46. The van der Waals surface area contributed by atoms with E-state index in [4.69, 9.17) is 5.26 Å². The van der Waals surface area contributed by atoms with Gasteiger partial charge in [-0.1, -0.05) is 0 Å². The summed E-state index contributed by atoms with van der Waals surface area (Å²) in [5.41, 5.74) is 0. The molecule has 0 unspecified atom stereocenters. The van der Waals surface area contributed by atoms with Gasteiger partial charge in [-0.15, -0.1) is 0 Å². The van der Waals surface area contributed by atoms with E-state index in [-0.39, 0.29) is 18.9 Å². The third-order valence-corrected chi connectivity index (χ3v) is 0.582. The van der Waals surface area contributed by atoms with Gasteiger partial charge in [-0.2, -0.15) is 18.4 Å². The van der Waals surface area contributed by atoms with Crippen LogP contribution in [0.2, 0.25) is 6.32 Å². The molecule has 0 aliphatic carbocycles. The summed E-state index contributed by atoms with van der Waals surface area (Å²) in [7, 11) is -2.33. The van der Waals surface area contributed by atoms with Crippen molar-refractivity contribution in [2.24, 2.45) is 0 Å². The van der Waals surface area contributed by atoms with Gasteiger partial charge < -0.3 is 9.68 Å². The fourth-order valence-electron chi connectivity index (χ4n) is 0.289. The van der Waals surface area contributed by atoms with Crippen molar-refractivity contribution in [2.75, 3.05) is 0 Å². The van der Waals surface area contributed by atoms with Crippen molar-refractivity contribution < 1.29 is 41.7 Å². The first-order valence-electron chi connectivity index (χ1n) is 2.23. The van der Waals surface area contributed by atoms with Gasteiger partial charge in [0.2, 0.25) is 0 Å². The largest absolute Gasteiger partial charge is 1.00 e. The molecule has 0 fully saturated rings. The van der Waals surface area contributed by atoms with Crippen LogP contribution in [0.1, 0.15) is 0 Å². The smallest absolute Gasteiger partial charge is 0.845 e. The first-order valence-corrected chi connectivity index (χ1v) is 2.23. The van der Waals surface area contributed by atoms with Crippen molar-refractivity contribution >= 4 is 7.12 Å². The molecule has 56 valence electrons. The number of alkyl halides is 3. The van der Waals surface area contributed by atoms with Crippen LogP contribution in [0, 0.1) is 11.5 Å². The number of nitrogens with zero attached hydrogens (tertiary/aromatic N) is 1. The van der Waals surface area contributed by atoms with Crippen LogP contribution < -0.4 is 23.9 Å². The van der Waals surface area contributed by atoms with Crippen molar-refractivity contribution in [2.45, 2.75) is 12.5 Å². The zero-order valence-corrected chi connectivity index (χ0v) is 5.68. The van der Waals surface area contributed by atoms with Gasteiger partial charge in [0.15, 0.2) is 0 Å². The molecular weight excluding hydrogens is 157 g/mol. The summed E-state index contributed by atoms with van der Waals surface area (Å²) in [4.78, 5) is 0. The molecule has 0 atom stereocenters. The van der Waals surface area contributed by atoms with E-state index in [1.165, 1.54) is 0 Å². The van der Waals surface area contributed by atoms with Crippen LogP contribution in [0.3, 0.4) is 0 Å². The Kier molecular flexibility index (Phi) is 6.49. The van der Waals surface area contributed by atoms with Crippen LogP contribution in [-0.2, 0) is 4.65 Å². The molecule has 0 aromatic heterocycles. The molecule has 0 aliphatic heterocycles. The molecule has 0 N–H and O–H groups in total. The van der Waals surface area contributed by atoms with E-state index in [9.17, 15) is 18.2 Å². The maximum Gasteiger partial charge on any atom is 1.00 e. The van der Waals surface area contributed by atoms with Crippen molar-refractivity contribution in [3.8, 4) is 6.26 Å². The van der Waals surface area contributed by atoms with Crippen LogP contribution in [0.25, 0.3) is 0 Å². The van der Waals surface area contributed by atoms with E-state index in [0.29, 0.717) is 0 Å². The fourth-order valence-corrected chi connectivity index (χ4v) is 0.289. The molecule has 0 spiro atoms. The van der Waals surface area contributed by atoms with Crippen molar-refractivity contribution in [1.82, 2.24) is 0 Å². The third kappa shape index (κ3) is 9.70. The molecule has 0 radical (unpaired) electrons. The molecule has 0 saturated heterocycles. The molecule has 0 saturated carbocycles. The SMILES string of the molecule is N#COB([O-])CC(F)(F)F.[Li+]. The van der Waals surface area contributed by atoms with E-state index in [0.717, 1.165) is 6.26 Å². The Morgan fingerprint density at radius 3 is 2.27 bits per heavy atom. The summed E-state index contributed by atoms with van der Waals surface area (Å²) in [6.45, 7) is 0. The van der Waals surface area contributed by atoms with Crippen LogP contribution >= 0.6 is 0 Å². The van der Waals surface area contributed by atoms with Gasteiger partial charge >= 0.3 is 25.0 Å². The van der Waals surface area contributed by atoms with E-state index in [1.807, 2.05) is 0 Å². The van der Waals surface area contributed by atoms with Crippen LogP contribution in [-0.4, -0.2) is 13.3 Å². The van der Waals surface area contributed by atoms with Gasteiger partial charge in [0, 0.05) is 6.32 Å². The van der Waals surface area contributed by atoms with E-state index in [1.54, 1.807) is 0 Å². The predicted octanol–water partition coefficient (Wildman–Crippen LogP) is -3.10. The molecule has 3 nitrogen and oxygen atoms in total. The monoisotopic (exact) mass is 159 g/mol. The Hall–Kier alpha value is -0.298. The zero-order chi connectivity index (χ0) is 8.20. The fraction of sp³-hybridized carbons (Fsp3) is 0.667. The van der Waals surface area contributed by atoms with Crippen LogP contribution in [0.4, 0.5) is 13.2 Å². The van der Waals surface area contributed by atoms with Crippen LogP contribution in [0.15, 0.2) is 0 Å². The molecule has 0 aromatic rings. The van der Waals surface area contributed by atoms with E-state index < -0.39 is 19.6 Å². The third-order valence-electron chi connectivity index (χ3n) is 0.582. The number of hydrogen-bond acceptors (Lipinski definition) is 3. The average Bonchev–Trinajstić information content (AvgIpc) is 1.59. The second kappa shape index (κ2) is 5.37. The molecular formula is C3H2BF3LiNO2. The topological polar surface area (TPSA) is 56.1 Å². The number of nitriles is 1. The minimum absolute atomic E-state index is 0. The summed E-state index contributed by atoms with van der Waals surface area (Å²) in [6, 6.07) is 0. The second-order valence-corrected chi connectivity index (χ2v) is 1.46. The van der Waals surface area contributed by atoms with Crippen molar-refractivity contribution in [3.63, 3.8) is 0 Å². The quantitative estimate of drug-likeness (QED) is 0.316. The summed E-state index contributed by atoms with van der Waals surface area (Å²) < 4.78 is 37.2. The minimum atomic E-state index is -4.57. The maximum atomic E-state index is 11.2. The normalized spacial score (nSPS) is 9.36. The average molecular weight is 159 g/mol. The van der Waals surface area contributed by atoms with Gasteiger partial charge in [0.25, 0.3) is 13.4 Å². The molecule has 0 aromatic carbocycles. The molecule has 0 rings (SSSR count). The van der Waals surface area contributed by atoms with Gasteiger partial charge in [-0.05, 0) is 0 Å². The first kappa shape index (κ1) is 13.3. The Morgan fingerprint density at radius 1 is 1.55 bits per heavy atom. The van der Waals surface area contributed by atoms with Gasteiger partial charge in [0.05, 0.1) is 0 Å². The number of hydrogen-bond donors (Lipinski definition) is 0.